The maximum Gasteiger partial charge on any atom is 0.351 e. The van der Waals surface area contributed by atoms with E-state index in [1.165, 1.54) is 28.5 Å². The summed E-state index contributed by atoms with van der Waals surface area (Å²) in [5.41, 5.74) is 2.85. The van der Waals surface area contributed by atoms with Gasteiger partial charge < -0.3 is 4.74 Å². The van der Waals surface area contributed by atoms with Gasteiger partial charge in [-0.1, -0.05) is 12.1 Å². The summed E-state index contributed by atoms with van der Waals surface area (Å²) in [7, 11) is 1.51. The van der Waals surface area contributed by atoms with Crippen LogP contribution in [0.5, 0.6) is 5.75 Å². The fourth-order valence-corrected chi connectivity index (χ4v) is 3.09. The van der Waals surface area contributed by atoms with E-state index in [1.54, 1.807) is 25.4 Å². The van der Waals surface area contributed by atoms with Gasteiger partial charge in [0.05, 0.1) is 25.5 Å². The molecule has 28 heavy (non-hydrogen) atoms. The number of H-pyrrole nitrogens is 1. The second-order valence-corrected chi connectivity index (χ2v) is 6.32. The molecule has 2 aromatic carbocycles. The van der Waals surface area contributed by atoms with Crippen LogP contribution in [0.15, 0.2) is 59.7 Å². The Morgan fingerprint density at radius 3 is 2.61 bits per heavy atom. The first-order valence-electron chi connectivity index (χ1n) is 8.65. The zero-order valence-corrected chi connectivity index (χ0v) is 15.4. The first-order chi connectivity index (χ1) is 13.6. The Bertz CT molecular complexity index is 1160. The van der Waals surface area contributed by atoms with Gasteiger partial charge in [-0.25, -0.2) is 9.18 Å². The first kappa shape index (κ1) is 17.7. The molecule has 4 aromatic rings. The molecule has 0 aliphatic heterocycles. The smallest absolute Gasteiger partial charge is 0.351 e. The van der Waals surface area contributed by atoms with Crippen LogP contribution in [0.25, 0.3) is 16.8 Å². The molecule has 0 spiro atoms. The molecule has 8 heteroatoms. The van der Waals surface area contributed by atoms with E-state index in [0.717, 1.165) is 11.1 Å². The number of halogens is 1. The summed E-state index contributed by atoms with van der Waals surface area (Å²) < 4.78 is 21.7. The molecule has 2 heterocycles. The molecule has 4 rings (SSSR count). The Morgan fingerprint density at radius 2 is 1.93 bits per heavy atom. The van der Waals surface area contributed by atoms with Crippen molar-refractivity contribution in [3.63, 3.8) is 0 Å². The minimum Gasteiger partial charge on any atom is -0.496 e. The molecule has 142 valence electrons. The fourth-order valence-electron chi connectivity index (χ4n) is 3.09. The SMILES string of the molecule is COc1ccc(F)cc1Cn1c(C)nn(-c2ccc(-c3cn[nH]c3)cc2)c1=O. The van der Waals surface area contributed by atoms with E-state index in [0.29, 0.717) is 22.8 Å². The highest BCUT2D eigenvalue weighted by Gasteiger charge is 2.14. The maximum absolute atomic E-state index is 13.6. The number of nitrogens with zero attached hydrogens (tertiary/aromatic N) is 4. The molecule has 0 saturated heterocycles. The molecule has 0 aliphatic rings. The predicted molar refractivity (Wildman–Crippen MR) is 102 cm³/mol. The lowest BCUT2D eigenvalue weighted by Crippen LogP contribution is -2.24. The number of aromatic amines is 1. The van der Waals surface area contributed by atoms with Gasteiger partial charge in [0.2, 0.25) is 0 Å². The number of nitrogens with one attached hydrogen (secondary N) is 1. The zero-order valence-electron chi connectivity index (χ0n) is 15.4. The van der Waals surface area contributed by atoms with E-state index in [4.69, 9.17) is 4.74 Å². The highest BCUT2D eigenvalue weighted by Crippen LogP contribution is 2.21. The Hall–Kier alpha value is -3.68. The lowest BCUT2D eigenvalue weighted by Gasteiger charge is -2.09. The van der Waals surface area contributed by atoms with E-state index < -0.39 is 0 Å². The quantitative estimate of drug-likeness (QED) is 0.578. The fraction of sp³-hybridized carbons (Fsp3) is 0.150. The molecule has 0 unspecified atom stereocenters. The van der Waals surface area contributed by atoms with Gasteiger partial charge in [-0.3, -0.25) is 9.67 Å². The minimum atomic E-state index is -0.385. The number of benzene rings is 2. The van der Waals surface area contributed by atoms with Gasteiger partial charge in [-0.05, 0) is 42.8 Å². The summed E-state index contributed by atoms with van der Waals surface area (Å²) in [5, 5.41) is 11.1. The highest BCUT2D eigenvalue weighted by atomic mass is 19.1. The van der Waals surface area contributed by atoms with Crippen molar-refractivity contribution in [3.8, 4) is 22.6 Å². The van der Waals surface area contributed by atoms with Gasteiger partial charge in [-0.15, -0.1) is 0 Å². The zero-order chi connectivity index (χ0) is 19.7. The number of aromatic nitrogens is 5. The summed E-state index contributed by atoms with van der Waals surface area (Å²) in [4.78, 5) is 12.9. The van der Waals surface area contributed by atoms with Gasteiger partial charge in [0.1, 0.15) is 17.4 Å². The van der Waals surface area contributed by atoms with Crippen molar-refractivity contribution in [2.75, 3.05) is 7.11 Å². The van der Waals surface area contributed by atoms with E-state index in [2.05, 4.69) is 15.3 Å². The molecular weight excluding hydrogens is 361 g/mol. The van der Waals surface area contributed by atoms with Crippen LogP contribution < -0.4 is 10.4 Å². The van der Waals surface area contributed by atoms with Crippen molar-refractivity contribution in [2.45, 2.75) is 13.5 Å². The van der Waals surface area contributed by atoms with E-state index in [9.17, 15) is 9.18 Å². The molecule has 1 N–H and O–H groups in total. The van der Waals surface area contributed by atoms with Crippen LogP contribution in [0.1, 0.15) is 11.4 Å². The van der Waals surface area contributed by atoms with E-state index in [-0.39, 0.29) is 18.1 Å². The molecule has 0 saturated carbocycles. The Balaban J connectivity index is 1.68. The van der Waals surface area contributed by atoms with Gasteiger partial charge in [0.15, 0.2) is 0 Å². The number of hydrogen-bond acceptors (Lipinski definition) is 4. The third-order valence-corrected chi connectivity index (χ3v) is 4.56. The monoisotopic (exact) mass is 379 g/mol. The standard InChI is InChI=1S/C20H18FN5O2/c1-13-24-26(18-6-3-14(4-7-18)16-10-22-23-11-16)20(27)25(13)12-15-9-17(21)5-8-19(15)28-2/h3-11H,12H2,1-2H3,(H,22,23). The van der Waals surface area contributed by atoms with Crippen LogP contribution in [0.3, 0.4) is 0 Å². The molecule has 0 bridgehead atoms. The van der Waals surface area contributed by atoms with Gasteiger partial charge in [-0.2, -0.15) is 14.9 Å². The lowest BCUT2D eigenvalue weighted by molar-refractivity contribution is 0.406. The predicted octanol–water partition coefficient (Wildman–Crippen LogP) is 2.93. The van der Waals surface area contributed by atoms with Crippen LogP contribution in [-0.2, 0) is 6.54 Å². The summed E-state index contributed by atoms with van der Waals surface area (Å²) in [6, 6.07) is 11.7. The van der Waals surface area contributed by atoms with Crippen molar-refractivity contribution in [1.29, 1.82) is 0 Å². The van der Waals surface area contributed by atoms with Crippen molar-refractivity contribution in [3.05, 3.63) is 82.5 Å². The average molecular weight is 379 g/mol. The van der Waals surface area contributed by atoms with Crippen LogP contribution in [0.4, 0.5) is 4.39 Å². The maximum atomic E-state index is 13.6. The summed E-state index contributed by atoms with van der Waals surface area (Å²) in [6.45, 7) is 1.90. The van der Waals surface area contributed by atoms with Gasteiger partial charge >= 0.3 is 5.69 Å². The number of rotatable bonds is 5. The largest absolute Gasteiger partial charge is 0.496 e. The minimum absolute atomic E-state index is 0.165. The van der Waals surface area contributed by atoms with Crippen LogP contribution in [-0.4, -0.2) is 31.7 Å². The second-order valence-electron chi connectivity index (χ2n) is 6.32. The number of ether oxygens (including phenoxy) is 1. The molecule has 0 radical (unpaired) electrons. The average Bonchev–Trinajstić information content (AvgIpc) is 3.33. The highest BCUT2D eigenvalue weighted by molar-refractivity contribution is 5.62. The second kappa shape index (κ2) is 7.15. The van der Waals surface area contributed by atoms with Crippen LogP contribution >= 0.6 is 0 Å². The van der Waals surface area contributed by atoms with Crippen LogP contribution in [0.2, 0.25) is 0 Å². The van der Waals surface area contributed by atoms with E-state index in [1.807, 2.05) is 24.3 Å². The number of aryl methyl sites for hydroxylation is 1. The van der Waals surface area contributed by atoms with Gasteiger partial charge in [0, 0.05) is 17.3 Å². The summed E-state index contributed by atoms with van der Waals surface area (Å²) >= 11 is 0. The lowest BCUT2D eigenvalue weighted by atomic mass is 10.1. The topological polar surface area (TPSA) is 77.7 Å². The van der Waals surface area contributed by atoms with Crippen LogP contribution in [0, 0.1) is 12.7 Å². The molecule has 2 aromatic heterocycles. The normalized spacial score (nSPS) is 11.0. The van der Waals surface area contributed by atoms with E-state index >= 15 is 0 Å². The Kier molecular flexibility index (Phi) is 4.52. The summed E-state index contributed by atoms with van der Waals surface area (Å²) in [5.74, 6) is 0.656. The van der Waals surface area contributed by atoms with Gasteiger partial charge in [0.25, 0.3) is 0 Å². The summed E-state index contributed by atoms with van der Waals surface area (Å²) in [6.07, 6.45) is 3.53. The molecule has 0 aliphatic carbocycles. The third kappa shape index (κ3) is 3.20. The Morgan fingerprint density at radius 1 is 1.14 bits per heavy atom. The van der Waals surface area contributed by atoms with Crippen molar-refractivity contribution < 1.29 is 9.13 Å². The first-order valence-corrected chi connectivity index (χ1v) is 8.65. The molecule has 0 amide bonds. The van der Waals surface area contributed by atoms with Crippen molar-refractivity contribution in [2.24, 2.45) is 0 Å². The third-order valence-electron chi connectivity index (χ3n) is 4.56. The number of hydrogen-bond donors (Lipinski definition) is 1. The number of methoxy groups -OCH3 is 1. The van der Waals surface area contributed by atoms with Crippen molar-refractivity contribution in [1.82, 2.24) is 24.5 Å². The molecular formula is C20H18FN5O2. The van der Waals surface area contributed by atoms with Crippen molar-refractivity contribution >= 4 is 0 Å². The molecule has 0 atom stereocenters. The molecule has 0 fully saturated rings. The molecule has 7 nitrogen and oxygen atoms in total. The Labute approximate surface area is 160 Å².